The summed E-state index contributed by atoms with van der Waals surface area (Å²) in [5, 5.41) is 13.1. The van der Waals surface area contributed by atoms with E-state index >= 15 is 0 Å². The van der Waals surface area contributed by atoms with Crippen LogP contribution in [0.1, 0.15) is 41.6 Å². The summed E-state index contributed by atoms with van der Waals surface area (Å²) in [7, 11) is 0. The summed E-state index contributed by atoms with van der Waals surface area (Å²) >= 11 is 0. The van der Waals surface area contributed by atoms with Crippen LogP contribution >= 0.6 is 0 Å². The average Bonchev–Trinajstić information content (AvgIpc) is 3.48. The number of Topliss-reactive ketones (excluding diaryl/α,β-unsaturated/α-hetero) is 1. The predicted octanol–water partition coefficient (Wildman–Crippen LogP) is 4.99. The van der Waals surface area contributed by atoms with Gasteiger partial charge in [0, 0.05) is 42.1 Å². The fourth-order valence-corrected chi connectivity index (χ4v) is 6.59. The van der Waals surface area contributed by atoms with Gasteiger partial charge < -0.3 is 9.52 Å². The quantitative estimate of drug-likeness (QED) is 0.502. The molecule has 1 N–H and O–H groups in total. The van der Waals surface area contributed by atoms with Crippen LogP contribution in [-0.2, 0) is 11.2 Å². The van der Waals surface area contributed by atoms with Gasteiger partial charge >= 0.3 is 0 Å². The van der Waals surface area contributed by atoms with Crippen molar-refractivity contribution in [2.45, 2.75) is 43.4 Å². The van der Waals surface area contributed by atoms with Crippen LogP contribution in [0, 0.1) is 5.92 Å². The van der Waals surface area contributed by atoms with Gasteiger partial charge in [0.15, 0.2) is 5.78 Å². The summed E-state index contributed by atoms with van der Waals surface area (Å²) in [6.07, 6.45) is 1.67. The van der Waals surface area contributed by atoms with E-state index < -0.39 is 6.10 Å². The molecule has 4 aromatic rings. The lowest BCUT2D eigenvalue weighted by molar-refractivity contribution is -0.129. The van der Waals surface area contributed by atoms with Crippen molar-refractivity contribution in [3.05, 3.63) is 83.4 Å². The van der Waals surface area contributed by atoms with E-state index in [4.69, 9.17) is 4.42 Å². The second-order valence-electron chi connectivity index (χ2n) is 9.76. The zero-order valence-electron chi connectivity index (χ0n) is 17.8. The summed E-state index contributed by atoms with van der Waals surface area (Å²) < 4.78 is 6.20. The summed E-state index contributed by atoms with van der Waals surface area (Å²) in [6, 6.07) is 23.0. The largest absolute Gasteiger partial charge is 0.456 e. The maximum Gasteiger partial charge on any atom is 0.150 e. The highest BCUT2D eigenvalue weighted by atomic mass is 16.3. The van der Waals surface area contributed by atoms with Gasteiger partial charge in [-0.25, -0.2) is 0 Å². The van der Waals surface area contributed by atoms with Gasteiger partial charge in [-0.3, -0.25) is 9.69 Å². The molecule has 8 rings (SSSR count). The van der Waals surface area contributed by atoms with E-state index in [2.05, 4.69) is 23.1 Å². The van der Waals surface area contributed by atoms with E-state index in [0.717, 1.165) is 46.0 Å². The molecule has 4 aliphatic heterocycles. The first kappa shape index (κ1) is 18.6. The number of ketones is 1. The Morgan fingerprint density at radius 2 is 1.91 bits per heavy atom. The van der Waals surface area contributed by atoms with Crippen LogP contribution in [0.25, 0.3) is 21.9 Å². The molecule has 6 unspecified atom stereocenters. The lowest BCUT2D eigenvalue weighted by atomic mass is 9.75. The third kappa shape index (κ3) is 2.60. The molecule has 4 nitrogen and oxygen atoms in total. The van der Waals surface area contributed by atoms with Gasteiger partial charge in [0.1, 0.15) is 11.2 Å². The molecule has 1 aromatic heterocycles. The minimum atomic E-state index is -0.579. The second-order valence-corrected chi connectivity index (χ2v) is 9.76. The van der Waals surface area contributed by atoms with Crippen LogP contribution in [0.5, 0.6) is 0 Å². The van der Waals surface area contributed by atoms with Crippen LogP contribution in [0.2, 0.25) is 0 Å². The van der Waals surface area contributed by atoms with Gasteiger partial charge in [-0.2, -0.15) is 0 Å². The van der Waals surface area contributed by atoms with Gasteiger partial charge in [0.2, 0.25) is 0 Å². The molecule has 0 radical (unpaired) electrons. The summed E-state index contributed by atoms with van der Waals surface area (Å²) in [4.78, 5) is 15.3. The maximum atomic E-state index is 12.8. The van der Waals surface area contributed by atoms with Crippen LogP contribution in [-0.4, -0.2) is 34.4 Å². The van der Waals surface area contributed by atoms with E-state index in [-0.39, 0.29) is 12.0 Å². The molecule has 3 aromatic carbocycles. The SMILES string of the molecule is O=C1CC(c2cccc3oc4ccc(C(O)Cc5ccccc5)cc4c23)C2C3CC1N2C3. The number of carbonyl (C=O) groups is 1. The first-order valence-corrected chi connectivity index (χ1v) is 11.6. The Morgan fingerprint density at radius 3 is 2.78 bits per heavy atom. The summed E-state index contributed by atoms with van der Waals surface area (Å²) in [6.45, 7) is 1.08. The van der Waals surface area contributed by atoms with E-state index in [1.54, 1.807) is 0 Å². The topological polar surface area (TPSA) is 53.7 Å². The Hall–Kier alpha value is -2.95. The Kier molecular flexibility index (Phi) is 3.94. The van der Waals surface area contributed by atoms with Gasteiger partial charge in [0.05, 0.1) is 12.1 Å². The molecule has 32 heavy (non-hydrogen) atoms. The van der Waals surface area contributed by atoms with Gasteiger partial charge in [0.25, 0.3) is 0 Å². The lowest BCUT2D eigenvalue weighted by Gasteiger charge is -2.48. The van der Waals surface area contributed by atoms with Crippen molar-refractivity contribution in [3.63, 3.8) is 0 Å². The van der Waals surface area contributed by atoms with E-state index in [1.807, 2.05) is 48.5 Å². The highest BCUT2D eigenvalue weighted by molar-refractivity contribution is 6.07. The first-order chi connectivity index (χ1) is 15.7. The second kappa shape index (κ2) is 6.77. The number of aliphatic hydroxyl groups excluding tert-OH is 1. The molecule has 4 aliphatic rings. The van der Waals surface area contributed by atoms with Gasteiger partial charge in [-0.15, -0.1) is 0 Å². The van der Waals surface area contributed by atoms with E-state index in [0.29, 0.717) is 30.6 Å². The van der Waals surface area contributed by atoms with Crippen molar-refractivity contribution in [1.82, 2.24) is 4.90 Å². The molecule has 4 bridgehead atoms. The third-order valence-corrected chi connectivity index (χ3v) is 8.05. The van der Waals surface area contributed by atoms with E-state index in [1.165, 1.54) is 5.56 Å². The molecule has 6 atom stereocenters. The molecule has 4 heteroatoms. The highest BCUT2D eigenvalue weighted by Crippen LogP contribution is 2.54. The number of hydrogen-bond acceptors (Lipinski definition) is 4. The number of rotatable bonds is 4. The van der Waals surface area contributed by atoms with Crippen LogP contribution in [0.3, 0.4) is 0 Å². The Morgan fingerprint density at radius 1 is 1.03 bits per heavy atom. The molecule has 0 spiro atoms. The summed E-state index contributed by atoms with van der Waals surface area (Å²) in [5.41, 5.74) is 4.93. The molecular weight excluding hydrogens is 398 g/mol. The van der Waals surface area contributed by atoms with Crippen molar-refractivity contribution in [2.75, 3.05) is 6.54 Å². The predicted molar refractivity (Wildman–Crippen MR) is 124 cm³/mol. The molecule has 4 saturated heterocycles. The monoisotopic (exact) mass is 423 g/mol. The average molecular weight is 424 g/mol. The van der Waals surface area contributed by atoms with Gasteiger partial charge in [-0.05, 0) is 47.2 Å². The van der Waals surface area contributed by atoms with Crippen molar-refractivity contribution in [3.8, 4) is 0 Å². The number of carbonyl (C=O) groups excluding carboxylic acids is 1. The number of hydrogen-bond donors (Lipinski definition) is 1. The molecular formula is C28H25NO3. The number of piperidine rings is 1. The zero-order chi connectivity index (χ0) is 21.4. The molecule has 0 aliphatic carbocycles. The molecule has 0 saturated carbocycles. The molecule has 5 heterocycles. The molecule has 160 valence electrons. The normalized spacial score (nSPS) is 29.4. The number of benzene rings is 3. The maximum absolute atomic E-state index is 12.8. The number of furan rings is 1. The Balaban J connectivity index is 1.32. The minimum absolute atomic E-state index is 0.168. The number of nitrogens with zero attached hydrogens (tertiary/aromatic N) is 1. The first-order valence-electron chi connectivity index (χ1n) is 11.6. The Labute approximate surface area is 186 Å². The van der Waals surface area contributed by atoms with Crippen molar-refractivity contribution in [1.29, 1.82) is 0 Å². The Bertz CT molecular complexity index is 1360. The van der Waals surface area contributed by atoms with Gasteiger partial charge in [-0.1, -0.05) is 48.5 Å². The van der Waals surface area contributed by atoms with Crippen LogP contribution < -0.4 is 0 Å². The van der Waals surface area contributed by atoms with Crippen molar-refractivity contribution < 1.29 is 14.3 Å². The summed E-state index contributed by atoms with van der Waals surface area (Å²) in [5.74, 6) is 1.27. The molecule has 0 amide bonds. The molecule has 4 fully saturated rings. The minimum Gasteiger partial charge on any atom is -0.456 e. The van der Waals surface area contributed by atoms with Crippen molar-refractivity contribution in [2.24, 2.45) is 5.92 Å². The smallest absolute Gasteiger partial charge is 0.150 e. The zero-order valence-corrected chi connectivity index (χ0v) is 17.8. The number of aliphatic hydroxyl groups is 1. The third-order valence-electron chi connectivity index (χ3n) is 8.05. The fraction of sp³-hybridized carbons (Fsp3) is 0.321. The number of fused-ring (bicyclic) bond motifs is 3. The van der Waals surface area contributed by atoms with Crippen LogP contribution in [0.15, 0.2) is 71.1 Å². The van der Waals surface area contributed by atoms with Crippen molar-refractivity contribution >= 4 is 27.7 Å². The van der Waals surface area contributed by atoms with Crippen LogP contribution in [0.4, 0.5) is 0 Å². The van der Waals surface area contributed by atoms with E-state index in [9.17, 15) is 9.90 Å². The fourth-order valence-electron chi connectivity index (χ4n) is 6.59. The lowest BCUT2D eigenvalue weighted by Crippen LogP contribution is -2.58. The standard InChI is InChI=1S/C28H25NO3/c30-23(11-16-5-2-1-3-6-16)17-9-10-25-21(12-17)27-19(7-4-8-26(27)32-25)20-14-24(31)22-13-18-15-29(22)28(18)20/h1-10,12,18,20,22-23,28,30H,11,13-15H2. The highest BCUT2D eigenvalue weighted by Gasteiger charge is 2.59.